The van der Waals surface area contributed by atoms with Crippen LogP contribution in [-0.4, -0.2) is 27.3 Å². The molecule has 2 rings (SSSR count). The van der Waals surface area contributed by atoms with E-state index in [1.54, 1.807) is 12.1 Å². The van der Waals surface area contributed by atoms with E-state index in [0.29, 0.717) is 5.69 Å². The first-order valence-electron chi connectivity index (χ1n) is 6.07. The summed E-state index contributed by atoms with van der Waals surface area (Å²) < 4.78 is 39.0. The topological polar surface area (TPSA) is 49.4 Å². The lowest BCUT2D eigenvalue weighted by molar-refractivity contribution is 0.602. The summed E-state index contributed by atoms with van der Waals surface area (Å²) in [7, 11) is -3.35. The largest absolute Gasteiger partial charge is 0.369 e. The van der Waals surface area contributed by atoms with Gasteiger partial charge in [-0.25, -0.2) is 12.8 Å². The van der Waals surface area contributed by atoms with E-state index in [-0.39, 0.29) is 17.3 Å². The zero-order chi connectivity index (χ0) is 13.2. The molecule has 0 bridgehead atoms. The number of benzene rings is 1. The molecule has 0 amide bonds. The second kappa shape index (κ2) is 5.14. The van der Waals surface area contributed by atoms with Crippen LogP contribution in [0.25, 0.3) is 0 Å². The van der Waals surface area contributed by atoms with Crippen molar-refractivity contribution in [2.45, 2.75) is 19.8 Å². The zero-order valence-corrected chi connectivity index (χ0v) is 11.1. The highest BCUT2D eigenvalue weighted by atomic mass is 32.2. The van der Waals surface area contributed by atoms with Gasteiger partial charge in [0.25, 0.3) is 0 Å². The number of nitrogens with zero attached hydrogens (tertiary/aromatic N) is 1. The molecular weight excluding hydrogens is 255 g/mol. The predicted octanol–water partition coefficient (Wildman–Crippen LogP) is 2.19. The van der Waals surface area contributed by atoms with Crippen LogP contribution in [-0.2, 0) is 10.0 Å². The van der Waals surface area contributed by atoms with Gasteiger partial charge in [0.2, 0.25) is 10.0 Å². The van der Waals surface area contributed by atoms with Crippen molar-refractivity contribution in [3.8, 4) is 0 Å². The Morgan fingerprint density at radius 1 is 1.33 bits per heavy atom. The molecule has 0 saturated carbocycles. The van der Waals surface area contributed by atoms with Crippen molar-refractivity contribution in [1.29, 1.82) is 0 Å². The van der Waals surface area contributed by atoms with E-state index in [2.05, 4.69) is 4.72 Å². The fourth-order valence-electron chi connectivity index (χ4n) is 2.04. The van der Waals surface area contributed by atoms with E-state index in [1.807, 2.05) is 4.90 Å². The molecule has 0 spiro atoms. The van der Waals surface area contributed by atoms with Crippen LogP contribution in [0.2, 0.25) is 0 Å². The highest BCUT2D eigenvalue weighted by Crippen LogP contribution is 2.26. The van der Waals surface area contributed by atoms with Gasteiger partial charge in [0, 0.05) is 19.2 Å². The van der Waals surface area contributed by atoms with Gasteiger partial charge in [0.1, 0.15) is 5.82 Å². The van der Waals surface area contributed by atoms with Crippen molar-refractivity contribution in [2.75, 3.05) is 28.5 Å². The SMILES string of the molecule is CCS(=O)(=O)Nc1ccc(N2CCCC2)c(F)c1. The third-order valence-corrected chi connectivity index (χ3v) is 4.35. The van der Waals surface area contributed by atoms with Crippen molar-refractivity contribution in [3.63, 3.8) is 0 Å². The van der Waals surface area contributed by atoms with E-state index in [1.165, 1.54) is 13.0 Å². The third kappa shape index (κ3) is 2.93. The molecule has 0 atom stereocenters. The van der Waals surface area contributed by atoms with Crippen LogP contribution in [0, 0.1) is 5.82 Å². The van der Waals surface area contributed by atoms with Crippen LogP contribution in [0.15, 0.2) is 18.2 Å². The summed E-state index contributed by atoms with van der Waals surface area (Å²) in [6.45, 7) is 3.26. The Morgan fingerprint density at radius 2 is 2.00 bits per heavy atom. The number of anilines is 2. The summed E-state index contributed by atoms with van der Waals surface area (Å²) in [5.74, 6) is -0.407. The van der Waals surface area contributed by atoms with E-state index >= 15 is 0 Å². The summed E-state index contributed by atoms with van der Waals surface area (Å²) >= 11 is 0. The second-order valence-electron chi connectivity index (χ2n) is 4.37. The summed E-state index contributed by atoms with van der Waals surface area (Å²) in [6.07, 6.45) is 2.15. The number of hydrogen-bond acceptors (Lipinski definition) is 3. The molecule has 0 aromatic heterocycles. The quantitative estimate of drug-likeness (QED) is 0.914. The standard InChI is InChI=1S/C12H17FN2O2S/c1-2-18(16,17)14-10-5-6-12(11(13)9-10)15-7-3-4-8-15/h5-6,9,14H,2-4,7-8H2,1H3. The van der Waals surface area contributed by atoms with Crippen LogP contribution < -0.4 is 9.62 Å². The monoisotopic (exact) mass is 272 g/mol. The van der Waals surface area contributed by atoms with Crippen LogP contribution >= 0.6 is 0 Å². The minimum Gasteiger partial charge on any atom is -0.369 e. The van der Waals surface area contributed by atoms with Crippen LogP contribution in [0.1, 0.15) is 19.8 Å². The normalized spacial score (nSPS) is 16.0. The van der Waals surface area contributed by atoms with Gasteiger partial charge in [-0.05, 0) is 31.9 Å². The molecule has 1 aliphatic heterocycles. The fourth-order valence-corrected chi connectivity index (χ4v) is 2.67. The Morgan fingerprint density at radius 3 is 2.56 bits per heavy atom. The number of rotatable bonds is 4. The number of nitrogens with one attached hydrogen (secondary N) is 1. The summed E-state index contributed by atoms with van der Waals surface area (Å²) in [6, 6.07) is 4.47. The van der Waals surface area contributed by atoms with Crippen molar-refractivity contribution >= 4 is 21.4 Å². The van der Waals surface area contributed by atoms with Crippen molar-refractivity contribution in [2.24, 2.45) is 0 Å². The fraction of sp³-hybridized carbons (Fsp3) is 0.500. The van der Waals surface area contributed by atoms with Gasteiger partial charge in [-0.3, -0.25) is 4.72 Å². The predicted molar refractivity (Wildman–Crippen MR) is 70.9 cm³/mol. The molecule has 1 saturated heterocycles. The maximum absolute atomic E-state index is 13.9. The average Bonchev–Trinajstić information content (AvgIpc) is 2.82. The molecular formula is C12H17FN2O2S. The molecule has 4 nitrogen and oxygen atoms in total. The molecule has 6 heteroatoms. The first-order chi connectivity index (χ1) is 8.52. The van der Waals surface area contributed by atoms with Crippen molar-refractivity contribution < 1.29 is 12.8 Å². The second-order valence-corrected chi connectivity index (χ2v) is 6.38. The highest BCUT2D eigenvalue weighted by molar-refractivity contribution is 7.92. The summed E-state index contributed by atoms with van der Waals surface area (Å²) in [5.41, 5.74) is 0.823. The molecule has 1 aliphatic rings. The van der Waals surface area contributed by atoms with Crippen molar-refractivity contribution in [1.82, 2.24) is 0 Å². The average molecular weight is 272 g/mol. The van der Waals surface area contributed by atoms with Gasteiger partial charge >= 0.3 is 0 Å². The Balaban J connectivity index is 2.19. The van der Waals surface area contributed by atoms with Crippen LogP contribution in [0.5, 0.6) is 0 Å². The Kier molecular flexibility index (Phi) is 3.75. The molecule has 0 radical (unpaired) electrons. The molecule has 18 heavy (non-hydrogen) atoms. The van der Waals surface area contributed by atoms with Gasteiger partial charge in [0.15, 0.2) is 0 Å². The first-order valence-corrected chi connectivity index (χ1v) is 7.72. The van der Waals surface area contributed by atoms with Crippen LogP contribution in [0.3, 0.4) is 0 Å². The van der Waals surface area contributed by atoms with E-state index in [9.17, 15) is 12.8 Å². The Hall–Kier alpha value is -1.30. The zero-order valence-electron chi connectivity index (χ0n) is 10.3. The lowest BCUT2D eigenvalue weighted by Gasteiger charge is -2.18. The van der Waals surface area contributed by atoms with Gasteiger partial charge in [-0.15, -0.1) is 0 Å². The van der Waals surface area contributed by atoms with Gasteiger partial charge in [-0.1, -0.05) is 0 Å². The maximum Gasteiger partial charge on any atom is 0.232 e. The molecule has 1 fully saturated rings. The number of halogens is 1. The van der Waals surface area contributed by atoms with Crippen LogP contribution in [0.4, 0.5) is 15.8 Å². The third-order valence-electron chi connectivity index (χ3n) is 3.05. The molecule has 1 aromatic rings. The minimum absolute atomic E-state index is 0.0253. The lowest BCUT2D eigenvalue weighted by atomic mass is 10.2. The minimum atomic E-state index is -3.35. The lowest BCUT2D eigenvalue weighted by Crippen LogP contribution is -2.19. The smallest absolute Gasteiger partial charge is 0.232 e. The Labute approximate surface area is 107 Å². The summed E-state index contributed by atoms with van der Waals surface area (Å²) in [5, 5.41) is 0. The molecule has 0 unspecified atom stereocenters. The van der Waals surface area contributed by atoms with Gasteiger partial charge in [0.05, 0.1) is 17.1 Å². The molecule has 1 heterocycles. The first kappa shape index (κ1) is 13.1. The van der Waals surface area contributed by atoms with E-state index in [0.717, 1.165) is 25.9 Å². The molecule has 1 aromatic carbocycles. The highest BCUT2D eigenvalue weighted by Gasteiger charge is 2.17. The van der Waals surface area contributed by atoms with E-state index < -0.39 is 10.0 Å². The molecule has 0 aliphatic carbocycles. The van der Waals surface area contributed by atoms with Gasteiger partial charge < -0.3 is 4.90 Å². The summed E-state index contributed by atoms with van der Waals surface area (Å²) in [4.78, 5) is 1.98. The molecule has 1 N–H and O–H groups in total. The molecule has 100 valence electrons. The van der Waals surface area contributed by atoms with Crippen molar-refractivity contribution in [3.05, 3.63) is 24.0 Å². The Bertz CT molecular complexity index is 525. The number of sulfonamides is 1. The van der Waals surface area contributed by atoms with E-state index in [4.69, 9.17) is 0 Å². The maximum atomic E-state index is 13.9. The van der Waals surface area contributed by atoms with Gasteiger partial charge in [-0.2, -0.15) is 0 Å². The number of hydrogen-bond donors (Lipinski definition) is 1.